The van der Waals surface area contributed by atoms with Gasteiger partial charge in [0.25, 0.3) is 0 Å². The van der Waals surface area contributed by atoms with E-state index in [1.807, 2.05) is 35.0 Å². The van der Waals surface area contributed by atoms with Crippen LogP contribution in [-0.2, 0) is 17.5 Å². The number of benzene rings is 4. The predicted octanol–water partition coefficient (Wildman–Crippen LogP) is 9.50. The van der Waals surface area contributed by atoms with Gasteiger partial charge in [-0.2, -0.15) is 13.2 Å². The lowest BCUT2D eigenvalue weighted by Crippen LogP contribution is -2.04. The third-order valence-electron chi connectivity index (χ3n) is 6.73. The average Bonchev–Trinajstić information content (AvgIpc) is 3.38. The Balaban J connectivity index is 1.42. The summed E-state index contributed by atoms with van der Waals surface area (Å²) in [4.78, 5) is 15.6. The fourth-order valence-corrected chi connectivity index (χ4v) is 5.09. The molecule has 0 atom stereocenters. The van der Waals surface area contributed by atoms with Gasteiger partial charge >= 0.3 is 12.1 Å². The monoisotopic (exact) mass is 624 g/mol. The van der Waals surface area contributed by atoms with Crippen molar-refractivity contribution in [1.82, 2.24) is 9.55 Å². The van der Waals surface area contributed by atoms with Crippen LogP contribution in [-0.4, -0.2) is 27.2 Å². The lowest BCUT2D eigenvalue weighted by Gasteiger charge is -2.11. The van der Waals surface area contributed by atoms with Crippen molar-refractivity contribution in [2.45, 2.75) is 25.6 Å². The van der Waals surface area contributed by atoms with Crippen molar-refractivity contribution in [1.29, 1.82) is 0 Å². The van der Waals surface area contributed by atoms with E-state index < -0.39 is 17.7 Å². The molecule has 5 aromatic rings. The van der Waals surface area contributed by atoms with Crippen LogP contribution >= 0.6 is 23.2 Å². The molecule has 0 aliphatic carbocycles. The van der Waals surface area contributed by atoms with Crippen LogP contribution < -0.4 is 4.74 Å². The van der Waals surface area contributed by atoms with E-state index in [0.29, 0.717) is 57.0 Å². The van der Waals surface area contributed by atoms with Gasteiger partial charge in [-0.1, -0.05) is 59.6 Å². The third kappa shape index (κ3) is 7.58. The van der Waals surface area contributed by atoms with Gasteiger partial charge in [-0.25, -0.2) is 4.98 Å². The molecule has 5 rings (SSSR count). The molecular weight excluding hydrogens is 600 g/mol. The van der Waals surface area contributed by atoms with Gasteiger partial charge < -0.3 is 14.4 Å². The topological polar surface area (TPSA) is 64.3 Å². The van der Waals surface area contributed by atoms with Crippen LogP contribution in [0.5, 0.6) is 5.75 Å². The van der Waals surface area contributed by atoms with E-state index in [1.165, 1.54) is 6.07 Å². The Morgan fingerprint density at radius 2 is 1.60 bits per heavy atom. The minimum Gasteiger partial charge on any atom is -0.494 e. The van der Waals surface area contributed by atoms with Crippen LogP contribution in [0.1, 0.15) is 24.0 Å². The van der Waals surface area contributed by atoms with Crippen molar-refractivity contribution in [2.24, 2.45) is 0 Å². The molecule has 0 saturated heterocycles. The SMILES string of the molecule is O=C(O)CCCOc1ccc(-c2nc(-c3ccc(Cl)cc3Cl)cn2Cc2ccc(-c3cccc(C(F)(F)F)c3)cc2)cc1. The maximum atomic E-state index is 13.2. The number of hydrogen-bond acceptors (Lipinski definition) is 3. The zero-order valence-corrected chi connectivity index (χ0v) is 24.1. The van der Waals surface area contributed by atoms with Crippen LogP contribution in [0.25, 0.3) is 33.8 Å². The van der Waals surface area contributed by atoms with E-state index in [2.05, 4.69) is 0 Å². The molecule has 0 aliphatic rings. The van der Waals surface area contributed by atoms with Crippen molar-refractivity contribution in [3.63, 3.8) is 0 Å². The van der Waals surface area contributed by atoms with Gasteiger partial charge in [0.1, 0.15) is 11.6 Å². The highest BCUT2D eigenvalue weighted by atomic mass is 35.5. The fourth-order valence-electron chi connectivity index (χ4n) is 4.58. The number of aromatic nitrogens is 2. The summed E-state index contributed by atoms with van der Waals surface area (Å²) in [5.41, 5.74) is 3.55. The molecule has 0 aliphatic heterocycles. The van der Waals surface area contributed by atoms with Gasteiger partial charge in [0.05, 0.1) is 22.9 Å². The number of halogens is 5. The van der Waals surface area contributed by atoms with E-state index in [0.717, 1.165) is 23.3 Å². The number of hydrogen-bond donors (Lipinski definition) is 1. The van der Waals surface area contributed by atoms with Crippen molar-refractivity contribution in [3.05, 3.63) is 118 Å². The normalized spacial score (nSPS) is 11.5. The molecule has 0 fully saturated rings. The first-order chi connectivity index (χ1) is 20.6. The lowest BCUT2D eigenvalue weighted by molar-refractivity contribution is -0.138. The van der Waals surface area contributed by atoms with E-state index in [-0.39, 0.29) is 13.0 Å². The van der Waals surface area contributed by atoms with Crippen molar-refractivity contribution < 1.29 is 27.8 Å². The maximum absolute atomic E-state index is 13.2. The van der Waals surface area contributed by atoms with E-state index in [4.69, 9.17) is 38.0 Å². The van der Waals surface area contributed by atoms with Crippen molar-refractivity contribution in [2.75, 3.05) is 6.61 Å². The third-order valence-corrected chi connectivity index (χ3v) is 7.28. The summed E-state index contributed by atoms with van der Waals surface area (Å²) < 4.78 is 47.3. The molecule has 0 amide bonds. The molecule has 0 spiro atoms. The average molecular weight is 625 g/mol. The Kier molecular flexibility index (Phi) is 9.08. The minimum absolute atomic E-state index is 0.0342. The molecule has 1 aromatic heterocycles. The van der Waals surface area contributed by atoms with Crippen LogP contribution in [0.2, 0.25) is 10.0 Å². The van der Waals surface area contributed by atoms with E-state index in [1.54, 1.807) is 48.5 Å². The maximum Gasteiger partial charge on any atom is 0.416 e. The summed E-state index contributed by atoms with van der Waals surface area (Å²) >= 11 is 12.6. The van der Waals surface area contributed by atoms with Gasteiger partial charge in [0.15, 0.2) is 0 Å². The number of rotatable bonds is 10. The Bertz CT molecular complexity index is 1730. The lowest BCUT2D eigenvalue weighted by atomic mass is 10.0. The zero-order valence-electron chi connectivity index (χ0n) is 22.6. The van der Waals surface area contributed by atoms with E-state index >= 15 is 0 Å². The molecule has 10 heteroatoms. The number of ether oxygens (including phenoxy) is 1. The predicted molar refractivity (Wildman–Crippen MR) is 161 cm³/mol. The van der Waals surface area contributed by atoms with Crippen LogP contribution in [0, 0.1) is 0 Å². The van der Waals surface area contributed by atoms with Crippen LogP contribution in [0.3, 0.4) is 0 Å². The molecular formula is C33H25Cl2F3N2O3. The van der Waals surface area contributed by atoms with Gasteiger partial charge in [-0.05, 0) is 77.7 Å². The second-order valence-electron chi connectivity index (χ2n) is 9.85. The molecule has 5 nitrogen and oxygen atoms in total. The molecule has 1 heterocycles. The Morgan fingerprint density at radius 3 is 2.28 bits per heavy atom. The first kappa shape index (κ1) is 30.2. The number of carboxylic acid groups (broad SMARTS) is 1. The summed E-state index contributed by atoms with van der Waals surface area (Å²) in [6.07, 6.45) is -2.09. The highest BCUT2D eigenvalue weighted by Crippen LogP contribution is 2.34. The molecule has 220 valence electrons. The summed E-state index contributed by atoms with van der Waals surface area (Å²) in [5, 5.41) is 9.77. The first-order valence-corrected chi connectivity index (χ1v) is 14.1. The van der Waals surface area contributed by atoms with Crippen LogP contribution in [0.15, 0.2) is 97.2 Å². The second kappa shape index (κ2) is 12.9. The van der Waals surface area contributed by atoms with Gasteiger partial charge in [-0.15, -0.1) is 0 Å². The largest absolute Gasteiger partial charge is 0.494 e. The van der Waals surface area contributed by atoms with Gasteiger partial charge in [-0.3, -0.25) is 4.79 Å². The Labute approximate surface area is 256 Å². The summed E-state index contributed by atoms with van der Waals surface area (Å²) in [7, 11) is 0. The molecule has 43 heavy (non-hydrogen) atoms. The highest BCUT2D eigenvalue weighted by Gasteiger charge is 2.30. The van der Waals surface area contributed by atoms with Crippen LogP contribution in [0.4, 0.5) is 13.2 Å². The number of alkyl halides is 3. The molecule has 1 N–H and O–H groups in total. The standard InChI is InChI=1S/C33H25Cl2F3N2O3/c34-26-12-15-28(29(35)18-26)30-20-40(32(39-30)23-10-13-27(14-11-23)43-16-2-5-31(41)42)19-21-6-8-22(9-7-21)24-3-1-4-25(17-24)33(36,37)38/h1,3-4,6-15,17-18,20H,2,5,16,19H2,(H,41,42). The molecule has 0 bridgehead atoms. The highest BCUT2D eigenvalue weighted by molar-refractivity contribution is 6.36. The first-order valence-electron chi connectivity index (χ1n) is 13.3. The minimum atomic E-state index is -4.41. The van der Waals surface area contributed by atoms with Gasteiger partial charge in [0, 0.05) is 35.3 Å². The smallest absolute Gasteiger partial charge is 0.416 e. The number of carboxylic acids is 1. The molecule has 0 radical (unpaired) electrons. The summed E-state index contributed by atoms with van der Waals surface area (Å²) in [5.74, 6) is 0.409. The number of nitrogens with zero attached hydrogens (tertiary/aromatic N) is 2. The zero-order chi connectivity index (χ0) is 30.6. The Hall–Kier alpha value is -4.27. The summed E-state index contributed by atoms with van der Waals surface area (Å²) in [6.45, 7) is 0.722. The Morgan fingerprint density at radius 1 is 0.884 bits per heavy atom. The molecule has 4 aromatic carbocycles. The second-order valence-corrected chi connectivity index (χ2v) is 10.7. The number of carbonyl (C=O) groups is 1. The summed E-state index contributed by atoms with van der Waals surface area (Å²) in [6, 6.07) is 25.1. The molecule has 0 saturated carbocycles. The van der Waals surface area contributed by atoms with Crippen molar-refractivity contribution in [3.8, 4) is 39.5 Å². The quantitative estimate of drug-likeness (QED) is 0.157. The van der Waals surface area contributed by atoms with E-state index in [9.17, 15) is 18.0 Å². The van der Waals surface area contributed by atoms with Gasteiger partial charge in [0.2, 0.25) is 0 Å². The number of imidazole rings is 1. The fraction of sp³-hybridized carbons (Fsp3) is 0.152. The number of aliphatic carboxylic acids is 1. The molecule has 0 unspecified atom stereocenters. The van der Waals surface area contributed by atoms with Crippen molar-refractivity contribution >= 4 is 29.2 Å².